The number of nitrogens with one attached hydrogen (secondary N) is 1. The number of rotatable bonds is 4. The molecule has 1 heterocycles. The van der Waals surface area contributed by atoms with Crippen LogP contribution in [0.4, 0.5) is 5.13 Å². The van der Waals surface area contributed by atoms with Gasteiger partial charge in [-0.25, -0.2) is 4.98 Å². The number of nitrogens with two attached hydrogens (primary N) is 1. The first kappa shape index (κ1) is 9.34. The van der Waals surface area contributed by atoms with Crippen LogP contribution in [0.5, 0.6) is 0 Å². The van der Waals surface area contributed by atoms with Crippen LogP contribution >= 0.6 is 24.0 Å². The molecule has 0 aliphatic rings. The van der Waals surface area contributed by atoms with E-state index >= 15 is 0 Å². The summed E-state index contributed by atoms with van der Waals surface area (Å²) in [5.74, 6) is 0.289. The highest BCUT2D eigenvalue weighted by Gasteiger charge is 2.04. The topological polar surface area (TPSA) is 68.0 Å². The molecule has 6 heteroatoms. The van der Waals surface area contributed by atoms with E-state index in [0.717, 1.165) is 12.3 Å². The first-order valence-electron chi connectivity index (χ1n) is 3.34. The van der Waals surface area contributed by atoms with Crippen molar-refractivity contribution in [2.75, 3.05) is 17.6 Å². The van der Waals surface area contributed by atoms with Crippen molar-refractivity contribution in [2.45, 2.75) is 0 Å². The van der Waals surface area contributed by atoms with Gasteiger partial charge in [-0.3, -0.25) is 4.79 Å². The SMILES string of the molecule is NC(=O)c1cnc(NCCS)s1. The summed E-state index contributed by atoms with van der Waals surface area (Å²) in [6.07, 6.45) is 1.47. The lowest BCUT2D eigenvalue weighted by Gasteiger charge is -1.95. The zero-order valence-electron chi connectivity index (χ0n) is 6.28. The largest absolute Gasteiger partial charge is 0.365 e. The lowest BCUT2D eigenvalue weighted by molar-refractivity contribution is 0.100. The third-order valence-electron chi connectivity index (χ3n) is 1.14. The first-order chi connectivity index (χ1) is 5.74. The van der Waals surface area contributed by atoms with Gasteiger partial charge in [0.15, 0.2) is 5.13 Å². The van der Waals surface area contributed by atoms with Gasteiger partial charge in [0.25, 0.3) is 5.91 Å². The van der Waals surface area contributed by atoms with E-state index in [9.17, 15) is 4.79 Å². The Morgan fingerprint density at radius 2 is 2.58 bits per heavy atom. The first-order valence-corrected chi connectivity index (χ1v) is 4.79. The maximum absolute atomic E-state index is 10.6. The van der Waals surface area contributed by atoms with Crippen molar-refractivity contribution < 1.29 is 4.79 Å². The van der Waals surface area contributed by atoms with Crippen LogP contribution in [-0.4, -0.2) is 23.2 Å². The lowest BCUT2D eigenvalue weighted by atomic mass is 10.5. The predicted octanol–water partition coefficient (Wildman–Crippen LogP) is 0.584. The fourth-order valence-corrected chi connectivity index (χ4v) is 1.44. The Morgan fingerprint density at radius 1 is 1.83 bits per heavy atom. The minimum atomic E-state index is -0.438. The molecule has 0 aromatic carbocycles. The molecular formula is C6H9N3OS2. The summed E-state index contributed by atoms with van der Waals surface area (Å²) in [6.45, 7) is 0.731. The molecule has 4 nitrogen and oxygen atoms in total. The number of anilines is 1. The van der Waals surface area contributed by atoms with Gasteiger partial charge in [0.1, 0.15) is 4.88 Å². The highest BCUT2D eigenvalue weighted by atomic mass is 32.1. The summed E-state index contributed by atoms with van der Waals surface area (Å²) in [6, 6.07) is 0. The van der Waals surface area contributed by atoms with Crippen LogP contribution in [0.25, 0.3) is 0 Å². The molecule has 0 saturated carbocycles. The van der Waals surface area contributed by atoms with Crippen LogP contribution in [-0.2, 0) is 0 Å². The molecule has 12 heavy (non-hydrogen) atoms. The number of amides is 1. The summed E-state index contributed by atoms with van der Waals surface area (Å²) in [5, 5.41) is 3.70. The number of primary amides is 1. The number of carbonyl (C=O) groups is 1. The molecule has 66 valence electrons. The van der Waals surface area contributed by atoms with E-state index in [1.807, 2.05) is 0 Å². The highest BCUT2D eigenvalue weighted by Crippen LogP contribution is 2.16. The standard InChI is InChI=1S/C6H9N3OS2/c7-5(10)4-3-9-6(12-4)8-1-2-11/h3,11H,1-2H2,(H2,7,10)(H,8,9). The van der Waals surface area contributed by atoms with Gasteiger partial charge < -0.3 is 11.1 Å². The van der Waals surface area contributed by atoms with Gasteiger partial charge in [0, 0.05) is 12.3 Å². The second-order valence-electron chi connectivity index (χ2n) is 2.04. The molecule has 0 spiro atoms. The molecule has 0 fully saturated rings. The molecule has 1 rings (SSSR count). The third-order valence-corrected chi connectivity index (χ3v) is 2.33. The maximum Gasteiger partial charge on any atom is 0.260 e. The molecule has 0 atom stereocenters. The Balaban J connectivity index is 2.58. The van der Waals surface area contributed by atoms with E-state index < -0.39 is 5.91 Å². The van der Waals surface area contributed by atoms with Crippen LogP contribution < -0.4 is 11.1 Å². The normalized spacial score (nSPS) is 9.75. The molecule has 0 radical (unpaired) electrons. The number of hydrogen-bond acceptors (Lipinski definition) is 5. The molecule has 1 aromatic heterocycles. The van der Waals surface area contributed by atoms with E-state index in [4.69, 9.17) is 5.73 Å². The van der Waals surface area contributed by atoms with Crippen LogP contribution in [0.15, 0.2) is 6.20 Å². The molecular weight excluding hydrogens is 194 g/mol. The smallest absolute Gasteiger partial charge is 0.260 e. The molecule has 0 bridgehead atoms. The zero-order chi connectivity index (χ0) is 8.97. The van der Waals surface area contributed by atoms with Crippen LogP contribution in [0, 0.1) is 0 Å². The van der Waals surface area contributed by atoms with Crippen LogP contribution in [0.1, 0.15) is 9.67 Å². The number of aromatic nitrogens is 1. The van der Waals surface area contributed by atoms with E-state index in [2.05, 4.69) is 22.9 Å². The van der Waals surface area contributed by atoms with Crippen molar-refractivity contribution in [1.82, 2.24) is 4.98 Å². The summed E-state index contributed by atoms with van der Waals surface area (Å²) < 4.78 is 0. The summed E-state index contributed by atoms with van der Waals surface area (Å²) in [5.41, 5.74) is 5.04. The quantitative estimate of drug-likeness (QED) is 0.627. The van der Waals surface area contributed by atoms with Gasteiger partial charge in [-0.15, -0.1) is 0 Å². The van der Waals surface area contributed by atoms with Crippen molar-refractivity contribution in [3.63, 3.8) is 0 Å². The average molecular weight is 203 g/mol. The second-order valence-corrected chi connectivity index (χ2v) is 3.52. The maximum atomic E-state index is 10.6. The number of nitrogens with zero attached hydrogens (tertiary/aromatic N) is 1. The Labute approximate surface area is 79.6 Å². The molecule has 3 N–H and O–H groups in total. The van der Waals surface area contributed by atoms with Gasteiger partial charge in [0.05, 0.1) is 6.20 Å². The minimum Gasteiger partial charge on any atom is -0.365 e. The zero-order valence-corrected chi connectivity index (χ0v) is 7.99. The lowest BCUT2D eigenvalue weighted by Crippen LogP contribution is -2.08. The van der Waals surface area contributed by atoms with Gasteiger partial charge in [-0.05, 0) is 0 Å². The summed E-state index contributed by atoms with van der Waals surface area (Å²) >= 11 is 5.27. The Hall–Kier alpha value is -0.750. The van der Waals surface area contributed by atoms with E-state index in [-0.39, 0.29) is 0 Å². The summed E-state index contributed by atoms with van der Waals surface area (Å²) in [7, 11) is 0. The predicted molar refractivity (Wildman–Crippen MR) is 53.0 cm³/mol. The van der Waals surface area contributed by atoms with E-state index in [0.29, 0.717) is 10.0 Å². The van der Waals surface area contributed by atoms with Crippen molar-refractivity contribution in [2.24, 2.45) is 5.73 Å². The Bertz CT molecular complexity index is 274. The van der Waals surface area contributed by atoms with E-state index in [1.54, 1.807) is 0 Å². The van der Waals surface area contributed by atoms with Crippen LogP contribution in [0.2, 0.25) is 0 Å². The molecule has 0 unspecified atom stereocenters. The Morgan fingerprint density at radius 3 is 3.08 bits per heavy atom. The molecule has 0 saturated heterocycles. The number of thiazole rings is 1. The third kappa shape index (κ3) is 2.38. The number of hydrogen-bond donors (Lipinski definition) is 3. The second kappa shape index (κ2) is 4.32. The van der Waals surface area contributed by atoms with Crippen LogP contribution in [0.3, 0.4) is 0 Å². The number of thiol groups is 1. The number of carbonyl (C=O) groups excluding carboxylic acids is 1. The summed E-state index contributed by atoms with van der Waals surface area (Å²) in [4.78, 5) is 15.1. The molecule has 1 amide bonds. The highest BCUT2D eigenvalue weighted by molar-refractivity contribution is 7.80. The van der Waals surface area contributed by atoms with Gasteiger partial charge in [-0.2, -0.15) is 12.6 Å². The molecule has 0 aliphatic heterocycles. The Kier molecular flexibility index (Phi) is 3.36. The van der Waals surface area contributed by atoms with Gasteiger partial charge >= 0.3 is 0 Å². The van der Waals surface area contributed by atoms with E-state index in [1.165, 1.54) is 17.5 Å². The van der Waals surface area contributed by atoms with Gasteiger partial charge in [0.2, 0.25) is 0 Å². The van der Waals surface area contributed by atoms with Crippen molar-refractivity contribution in [3.8, 4) is 0 Å². The van der Waals surface area contributed by atoms with Crippen molar-refractivity contribution >= 4 is 35.0 Å². The fourth-order valence-electron chi connectivity index (χ4n) is 0.633. The average Bonchev–Trinajstić information content (AvgIpc) is 2.48. The molecule has 0 aliphatic carbocycles. The monoisotopic (exact) mass is 203 g/mol. The minimum absolute atomic E-state index is 0.438. The van der Waals surface area contributed by atoms with Crippen molar-refractivity contribution in [1.29, 1.82) is 0 Å². The fraction of sp³-hybridized carbons (Fsp3) is 0.333. The van der Waals surface area contributed by atoms with Gasteiger partial charge in [-0.1, -0.05) is 11.3 Å². The van der Waals surface area contributed by atoms with Crippen molar-refractivity contribution in [3.05, 3.63) is 11.1 Å². The molecule has 1 aromatic rings.